The molecule has 1 aromatic heterocycles. The number of nitriles is 1. The molecule has 10 heteroatoms. The third kappa shape index (κ3) is 6.67. The average Bonchev–Trinajstić information content (AvgIpc) is 2.95. The van der Waals surface area contributed by atoms with Gasteiger partial charge in [-0.1, -0.05) is 0 Å². The van der Waals surface area contributed by atoms with E-state index >= 15 is 0 Å². The molecule has 0 saturated carbocycles. The summed E-state index contributed by atoms with van der Waals surface area (Å²) in [4.78, 5) is 9.03. The topological polar surface area (TPSA) is 112 Å². The third-order valence-corrected chi connectivity index (χ3v) is 7.94. The Morgan fingerprint density at radius 1 is 1.05 bits per heavy atom. The lowest BCUT2D eigenvalue weighted by Crippen LogP contribution is -2.39. The van der Waals surface area contributed by atoms with Crippen molar-refractivity contribution in [3.63, 3.8) is 0 Å². The van der Waals surface area contributed by atoms with E-state index in [2.05, 4.69) is 26.7 Å². The van der Waals surface area contributed by atoms with Gasteiger partial charge in [0.1, 0.15) is 17.9 Å². The maximum Gasteiger partial charge on any atom is 0.227 e. The summed E-state index contributed by atoms with van der Waals surface area (Å²) >= 11 is 0. The smallest absolute Gasteiger partial charge is 0.227 e. The summed E-state index contributed by atoms with van der Waals surface area (Å²) in [6.07, 6.45) is 7.10. The summed E-state index contributed by atoms with van der Waals surface area (Å²) in [7, 11) is -0.893. The molecule has 198 valence electrons. The van der Waals surface area contributed by atoms with Crippen LogP contribution < -0.4 is 15.4 Å². The molecule has 0 amide bonds. The maximum atomic E-state index is 11.6. The van der Waals surface area contributed by atoms with Crippen molar-refractivity contribution in [2.45, 2.75) is 37.8 Å². The van der Waals surface area contributed by atoms with Gasteiger partial charge in [0.25, 0.3) is 0 Å². The van der Waals surface area contributed by atoms with Gasteiger partial charge >= 0.3 is 0 Å². The molecule has 3 heterocycles. The molecule has 38 heavy (non-hydrogen) atoms. The fourth-order valence-electron chi connectivity index (χ4n) is 4.70. The van der Waals surface area contributed by atoms with Gasteiger partial charge in [-0.2, -0.15) is 5.26 Å². The van der Waals surface area contributed by atoms with Crippen molar-refractivity contribution in [3.8, 4) is 23.1 Å². The van der Waals surface area contributed by atoms with Crippen LogP contribution in [0.1, 0.15) is 31.2 Å². The van der Waals surface area contributed by atoms with E-state index in [9.17, 15) is 9.47 Å². The van der Waals surface area contributed by atoms with E-state index in [0.29, 0.717) is 42.2 Å². The number of anilines is 3. The zero-order valence-electron chi connectivity index (χ0n) is 21.4. The largest absolute Gasteiger partial charge is 0.489 e. The Morgan fingerprint density at radius 2 is 1.79 bits per heavy atom. The second-order valence-electron chi connectivity index (χ2n) is 9.49. The molecule has 0 radical (unpaired) electrons. The number of rotatable bonds is 8. The molecule has 5 rings (SSSR count). The molecule has 0 aliphatic carbocycles. The molecular weight excluding hydrogens is 500 g/mol. The number of benzene rings is 2. The molecule has 2 N–H and O–H groups in total. The molecule has 2 fully saturated rings. The van der Waals surface area contributed by atoms with E-state index in [1.165, 1.54) is 0 Å². The summed E-state index contributed by atoms with van der Waals surface area (Å²) in [5, 5.41) is 16.5. The Balaban J connectivity index is 1.21. The van der Waals surface area contributed by atoms with Crippen molar-refractivity contribution in [3.05, 3.63) is 60.3 Å². The minimum Gasteiger partial charge on any atom is -0.489 e. The number of hydrogen-bond donors (Lipinski definition) is 2. The first-order valence-electron chi connectivity index (χ1n) is 12.9. The molecule has 2 aliphatic heterocycles. The van der Waals surface area contributed by atoms with Crippen molar-refractivity contribution >= 4 is 28.3 Å². The van der Waals surface area contributed by atoms with Crippen LogP contribution in [0, 0.1) is 11.3 Å². The highest BCUT2D eigenvalue weighted by atomic mass is 32.2. The summed E-state index contributed by atoms with van der Waals surface area (Å²) in [6, 6.07) is 18.1. The highest BCUT2D eigenvalue weighted by Gasteiger charge is 2.21. The van der Waals surface area contributed by atoms with Crippen LogP contribution in [-0.4, -0.2) is 63.2 Å². The molecule has 2 aliphatic rings. The van der Waals surface area contributed by atoms with E-state index in [-0.39, 0.29) is 6.10 Å². The first-order chi connectivity index (χ1) is 18.6. The van der Waals surface area contributed by atoms with E-state index < -0.39 is 11.0 Å². The predicted octanol–water partition coefficient (Wildman–Crippen LogP) is 4.49. The van der Waals surface area contributed by atoms with Gasteiger partial charge < -0.3 is 20.1 Å². The lowest BCUT2D eigenvalue weighted by atomic mass is 10.1. The zero-order valence-corrected chi connectivity index (χ0v) is 22.2. The molecule has 3 aromatic rings. The number of piperidine rings is 1. The SMILES string of the molecule is CS(=O)N1CCC(Nc2ccc(Nc3nccc(-c4ccc(OC5CCOCC5)c(C#N)c4)n3)cc2)CC1. The molecule has 2 saturated heterocycles. The average molecular weight is 533 g/mol. The Morgan fingerprint density at radius 3 is 2.50 bits per heavy atom. The fraction of sp³-hybridized carbons (Fsp3) is 0.393. The summed E-state index contributed by atoms with van der Waals surface area (Å²) in [5.74, 6) is 1.07. The van der Waals surface area contributed by atoms with Crippen molar-refractivity contribution < 1.29 is 13.7 Å². The van der Waals surface area contributed by atoms with Gasteiger partial charge in [-0.25, -0.2) is 18.5 Å². The van der Waals surface area contributed by atoms with Crippen LogP contribution in [0.15, 0.2) is 54.7 Å². The number of nitrogens with one attached hydrogen (secondary N) is 2. The Kier molecular flexibility index (Phi) is 8.48. The van der Waals surface area contributed by atoms with Crippen LogP contribution in [0.3, 0.4) is 0 Å². The van der Waals surface area contributed by atoms with Crippen molar-refractivity contribution in [2.75, 3.05) is 43.2 Å². The first kappa shape index (κ1) is 26.1. The van der Waals surface area contributed by atoms with Crippen molar-refractivity contribution in [2.24, 2.45) is 0 Å². The zero-order chi connectivity index (χ0) is 26.3. The Hall–Kier alpha value is -3.52. The summed E-state index contributed by atoms with van der Waals surface area (Å²) < 4.78 is 25.1. The lowest BCUT2D eigenvalue weighted by molar-refractivity contribution is 0.0254. The van der Waals surface area contributed by atoms with E-state index in [0.717, 1.165) is 55.7 Å². The first-order valence-corrected chi connectivity index (χ1v) is 14.4. The normalized spacial score (nSPS) is 17.9. The molecule has 1 unspecified atom stereocenters. The molecule has 1 atom stereocenters. The van der Waals surface area contributed by atoms with Crippen LogP contribution >= 0.6 is 0 Å². The van der Waals surface area contributed by atoms with E-state index in [1.54, 1.807) is 12.5 Å². The summed E-state index contributed by atoms with van der Waals surface area (Å²) in [5.41, 5.74) is 3.95. The highest BCUT2D eigenvalue weighted by Crippen LogP contribution is 2.28. The third-order valence-electron chi connectivity index (χ3n) is 6.84. The predicted molar refractivity (Wildman–Crippen MR) is 149 cm³/mol. The number of nitrogens with zero attached hydrogens (tertiary/aromatic N) is 4. The Labute approximate surface area is 225 Å². The van der Waals surface area contributed by atoms with Gasteiger partial charge in [0.2, 0.25) is 5.95 Å². The van der Waals surface area contributed by atoms with Gasteiger partial charge in [-0.15, -0.1) is 0 Å². The maximum absolute atomic E-state index is 11.6. The lowest BCUT2D eigenvalue weighted by Gasteiger charge is -2.31. The second-order valence-corrected chi connectivity index (χ2v) is 10.9. The molecule has 0 bridgehead atoms. The van der Waals surface area contributed by atoms with Crippen LogP contribution in [0.5, 0.6) is 5.75 Å². The van der Waals surface area contributed by atoms with Gasteiger partial charge in [0.05, 0.1) is 35.5 Å². The number of ether oxygens (including phenoxy) is 2. The van der Waals surface area contributed by atoms with Crippen LogP contribution in [0.4, 0.5) is 17.3 Å². The highest BCUT2D eigenvalue weighted by molar-refractivity contribution is 7.81. The van der Waals surface area contributed by atoms with Gasteiger partial charge in [0.15, 0.2) is 0 Å². The van der Waals surface area contributed by atoms with Gasteiger partial charge in [-0.3, -0.25) is 0 Å². The van der Waals surface area contributed by atoms with Gasteiger partial charge in [0, 0.05) is 61.4 Å². The number of aromatic nitrogens is 2. The van der Waals surface area contributed by atoms with Crippen LogP contribution in [0.25, 0.3) is 11.3 Å². The monoisotopic (exact) mass is 532 g/mol. The minimum atomic E-state index is -0.893. The Bertz CT molecular complexity index is 1300. The van der Waals surface area contributed by atoms with E-state index in [4.69, 9.17) is 9.47 Å². The molecule has 2 aromatic carbocycles. The molecular formula is C28H32N6O3S. The molecule has 9 nitrogen and oxygen atoms in total. The summed E-state index contributed by atoms with van der Waals surface area (Å²) in [6.45, 7) is 3.05. The quantitative estimate of drug-likeness (QED) is 0.437. The molecule has 0 spiro atoms. The van der Waals surface area contributed by atoms with Crippen molar-refractivity contribution in [1.82, 2.24) is 14.3 Å². The van der Waals surface area contributed by atoms with Crippen LogP contribution in [0.2, 0.25) is 0 Å². The fourth-order valence-corrected chi connectivity index (χ4v) is 5.43. The van der Waals surface area contributed by atoms with Crippen molar-refractivity contribution in [1.29, 1.82) is 5.26 Å². The minimum absolute atomic E-state index is 0.0686. The number of hydrogen-bond acceptors (Lipinski definition) is 8. The van der Waals surface area contributed by atoms with Gasteiger partial charge in [-0.05, 0) is 61.4 Å². The van der Waals surface area contributed by atoms with Crippen LogP contribution in [-0.2, 0) is 15.7 Å². The standard InChI is InChI=1S/C28H32N6O3S/c1-38(35)34-14-9-24(10-15-34)31-22-3-5-23(6-4-22)32-28-30-13-8-26(33-28)20-2-7-27(21(18-20)19-29)37-25-11-16-36-17-12-25/h2-8,13,18,24-25,31H,9-12,14-17H2,1H3,(H,30,32,33). The second kappa shape index (κ2) is 12.3. The van der Waals surface area contributed by atoms with E-state index in [1.807, 2.05) is 52.8 Å².